The van der Waals surface area contributed by atoms with Crippen LogP contribution in [-0.4, -0.2) is 19.5 Å². The standard InChI is InChI=1S/C19H16O3/c1-21-18-10-9-14-11-16(8-7-15(14)12-18)19(20)13-22-17-5-3-2-4-6-17/h2-12H,13H2,1H3. The zero-order chi connectivity index (χ0) is 15.4. The lowest BCUT2D eigenvalue weighted by Crippen LogP contribution is -2.11. The van der Waals surface area contributed by atoms with Crippen LogP contribution in [0.5, 0.6) is 11.5 Å². The maximum absolute atomic E-state index is 12.2. The summed E-state index contributed by atoms with van der Waals surface area (Å²) in [6.07, 6.45) is 0. The minimum absolute atomic E-state index is 0.0334. The first-order chi connectivity index (χ1) is 10.8. The molecule has 110 valence electrons. The molecule has 3 nitrogen and oxygen atoms in total. The molecule has 0 aliphatic carbocycles. The Morgan fingerprint density at radius 2 is 1.59 bits per heavy atom. The summed E-state index contributed by atoms with van der Waals surface area (Å²) < 4.78 is 10.7. The number of hydrogen-bond acceptors (Lipinski definition) is 3. The predicted molar refractivity (Wildman–Crippen MR) is 86.8 cm³/mol. The molecule has 0 fully saturated rings. The van der Waals surface area contributed by atoms with Gasteiger partial charge in [0.05, 0.1) is 7.11 Å². The average molecular weight is 292 g/mol. The van der Waals surface area contributed by atoms with Gasteiger partial charge in [0.2, 0.25) is 0 Å². The zero-order valence-corrected chi connectivity index (χ0v) is 12.3. The molecule has 3 heteroatoms. The molecule has 0 atom stereocenters. The van der Waals surface area contributed by atoms with Crippen molar-refractivity contribution in [2.75, 3.05) is 13.7 Å². The number of methoxy groups -OCH3 is 1. The molecule has 22 heavy (non-hydrogen) atoms. The van der Waals surface area contributed by atoms with Crippen LogP contribution < -0.4 is 9.47 Å². The lowest BCUT2D eigenvalue weighted by atomic mass is 10.0. The molecule has 0 N–H and O–H groups in total. The van der Waals surface area contributed by atoms with Gasteiger partial charge in [-0.15, -0.1) is 0 Å². The van der Waals surface area contributed by atoms with E-state index in [1.54, 1.807) is 7.11 Å². The van der Waals surface area contributed by atoms with E-state index >= 15 is 0 Å². The second-order valence-electron chi connectivity index (χ2n) is 4.95. The van der Waals surface area contributed by atoms with Gasteiger partial charge >= 0.3 is 0 Å². The third-order valence-corrected chi connectivity index (χ3v) is 3.48. The number of carbonyl (C=O) groups is 1. The topological polar surface area (TPSA) is 35.5 Å². The van der Waals surface area contributed by atoms with E-state index in [0.717, 1.165) is 16.5 Å². The Balaban J connectivity index is 1.76. The number of rotatable bonds is 5. The Bertz CT molecular complexity index is 794. The Morgan fingerprint density at radius 3 is 2.36 bits per heavy atom. The fourth-order valence-corrected chi connectivity index (χ4v) is 2.27. The molecule has 0 aromatic heterocycles. The van der Waals surface area contributed by atoms with Crippen LogP contribution in [-0.2, 0) is 0 Å². The van der Waals surface area contributed by atoms with E-state index in [9.17, 15) is 4.79 Å². The SMILES string of the molecule is COc1ccc2cc(C(=O)COc3ccccc3)ccc2c1. The average Bonchev–Trinajstić information content (AvgIpc) is 2.59. The lowest BCUT2D eigenvalue weighted by molar-refractivity contribution is 0.0921. The van der Waals surface area contributed by atoms with Crippen molar-refractivity contribution < 1.29 is 14.3 Å². The summed E-state index contributed by atoms with van der Waals surface area (Å²) >= 11 is 0. The molecule has 0 spiro atoms. The largest absolute Gasteiger partial charge is 0.497 e. The van der Waals surface area contributed by atoms with Gasteiger partial charge in [-0.05, 0) is 41.1 Å². The molecule has 3 aromatic carbocycles. The number of ether oxygens (including phenoxy) is 2. The third-order valence-electron chi connectivity index (χ3n) is 3.48. The number of fused-ring (bicyclic) bond motifs is 1. The number of ketones is 1. The van der Waals surface area contributed by atoms with Crippen molar-refractivity contribution in [3.63, 3.8) is 0 Å². The van der Waals surface area contributed by atoms with Gasteiger partial charge in [-0.25, -0.2) is 0 Å². The molecule has 0 aliphatic heterocycles. The van der Waals surface area contributed by atoms with Gasteiger partial charge in [0, 0.05) is 5.56 Å². The van der Waals surface area contributed by atoms with E-state index < -0.39 is 0 Å². The highest BCUT2D eigenvalue weighted by Crippen LogP contribution is 2.22. The van der Waals surface area contributed by atoms with Crippen molar-refractivity contribution in [1.82, 2.24) is 0 Å². The lowest BCUT2D eigenvalue weighted by Gasteiger charge is -2.07. The van der Waals surface area contributed by atoms with E-state index in [1.807, 2.05) is 66.7 Å². The van der Waals surface area contributed by atoms with Crippen LogP contribution in [0.2, 0.25) is 0 Å². The van der Waals surface area contributed by atoms with Crippen LogP contribution in [0.1, 0.15) is 10.4 Å². The molecule has 0 radical (unpaired) electrons. The highest BCUT2D eigenvalue weighted by atomic mass is 16.5. The van der Waals surface area contributed by atoms with Gasteiger partial charge in [0.25, 0.3) is 0 Å². The van der Waals surface area contributed by atoms with Crippen molar-refractivity contribution in [2.45, 2.75) is 0 Å². The van der Waals surface area contributed by atoms with Gasteiger partial charge in [-0.2, -0.15) is 0 Å². The first-order valence-corrected chi connectivity index (χ1v) is 7.05. The van der Waals surface area contributed by atoms with E-state index in [4.69, 9.17) is 9.47 Å². The fraction of sp³-hybridized carbons (Fsp3) is 0.105. The summed E-state index contributed by atoms with van der Waals surface area (Å²) in [5, 5.41) is 2.05. The normalized spacial score (nSPS) is 10.4. The first-order valence-electron chi connectivity index (χ1n) is 7.05. The molecule has 0 saturated heterocycles. The Hall–Kier alpha value is -2.81. The van der Waals surface area contributed by atoms with Crippen LogP contribution in [0.25, 0.3) is 10.8 Å². The second-order valence-corrected chi connectivity index (χ2v) is 4.95. The maximum Gasteiger partial charge on any atom is 0.200 e. The number of para-hydroxylation sites is 1. The van der Waals surface area contributed by atoms with Gasteiger partial charge in [-0.1, -0.05) is 36.4 Å². The number of Topliss-reactive ketones (excluding diaryl/α,β-unsaturated/α-hetero) is 1. The molecule has 3 rings (SSSR count). The van der Waals surface area contributed by atoms with E-state index in [1.165, 1.54) is 0 Å². The minimum Gasteiger partial charge on any atom is -0.497 e. The molecule has 0 unspecified atom stereocenters. The Labute approximate surface area is 129 Å². The molecule has 0 aliphatic rings. The van der Waals surface area contributed by atoms with Gasteiger partial charge < -0.3 is 9.47 Å². The highest BCUT2D eigenvalue weighted by Gasteiger charge is 2.08. The summed E-state index contributed by atoms with van der Waals surface area (Å²) in [6, 6.07) is 20.7. The molecule has 0 amide bonds. The summed E-state index contributed by atoms with van der Waals surface area (Å²) in [5.41, 5.74) is 0.647. The van der Waals surface area contributed by atoms with Crippen molar-refractivity contribution in [2.24, 2.45) is 0 Å². The number of hydrogen-bond donors (Lipinski definition) is 0. The second kappa shape index (κ2) is 6.31. The number of carbonyl (C=O) groups excluding carboxylic acids is 1. The predicted octanol–water partition coefficient (Wildman–Crippen LogP) is 4.11. The van der Waals surface area contributed by atoms with Crippen molar-refractivity contribution >= 4 is 16.6 Å². The first kappa shape index (κ1) is 14.1. The molecular weight excluding hydrogens is 276 g/mol. The van der Waals surface area contributed by atoms with E-state index in [0.29, 0.717) is 11.3 Å². The van der Waals surface area contributed by atoms with Crippen LogP contribution in [0.3, 0.4) is 0 Å². The molecule has 0 heterocycles. The monoisotopic (exact) mass is 292 g/mol. The third kappa shape index (κ3) is 3.09. The smallest absolute Gasteiger partial charge is 0.200 e. The van der Waals surface area contributed by atoms with Crippen LogP contribution >= 0.6 is 0 Å². The molecular formula is C19H16O3. The Morgan fingerprint density at radius 1 is 0.864 bits per heavy atom. The quantitative estimate of drug-likeness (QED) is 0.664. The van der Waals surface area contributed by atoms with Crippen molar-refractivity contribution in [3.05, 3.63) is 72.3 Å². The van der Waals surface area contributed by atoms with Crippen LogP contribution in [0.4, 0.5) is 0 Å². The molecule has 3 aromatic rings. The summed E-state index contributed by atoms with van der Waals surface area (Å²) in [6.45, 7) is 0.0334. The highest BCUT2D eigenvalue weighted by molar-refractivity contribution is 6.01. The van der Waals surface area contributed by atoms with Crippen LogP contribution in [0, 0.1) is 0 Å². The van der Waals surface area contributed by atoms with Gasteiger partial charge in [0.15, 0.2) is 12.4 Å². The summed E-state index contributed by atoms with van der Waals surface area (Å²) in [4.78, 5) is 12.2. The van der Waals surface area contributed by atoms with Crippen molar-refractivity contribution in [3.8, 4) is 11.5 Å². The van der Waals surface area contributed by atoms with E-state index in [2.05, 4.69) is 0 Å². The Kier molecular flexibility index (Phi) is 4.05. The minimum atomic E-state index is -0.0402. The zero-order valence-electron chi connectivity index (χ0n) is 12.3. The van der Waals surface area contributed by atoms with Crippen LogP contribution in [0.15, 0.2) is 66.7 Å². The summed E-state index contributed by atoms with van der Waals surface area (Å²) in [5.74, 6) is 1.46. The van der Waals surface area contributed by atoms with E-state index in [-0.39, 0.29) is 12.4 Å². The maximum atomic E-state index is 12.2. The molecule has 0 bridgehead atoms. The molecule has 0 saturated carbocycles. The van der Waals surface area contributed by atoms with Crippen molar-refractivity contribution in [1.29, 1.82) is 0 Å². The summed E-state index contributed by atoms with van der Waals surface area (Å²) in [7, 11) is 1.64. The van der Waals surface area contributed by atoms with Gasteiger partial charge in [-0.3, -0.25) is 4.79 Å². The van der Waals surface area contributed by atoms with Gasteiger partial charge in [0.1, 0.15) is 11.5 Å². The number of benzene rings is 3. The fourth-order valence-electron chi connectivity index (χ4n) is 2.27.